The van der Waals surface area contributed by atoms with Gasteiger partial charge in [0, 0.05) is 0 Å². The molecule has 11 heavy (non-hydrogen) atoms. The molecule has 0 aliphatic rings. The minimum atomic E-state index is -0.378. The fourth-order valence-corrected chi connectivity index (χ4v) is 0.416. The van der Waals surface area contributed by atoms with Crippen LogP contribution in [-0.2, 0) is 9.59 Å². The standard InChI is InChI=1S/C6H11N3O2/c1-2-5(10)8-3-6(11)9-4-7/h2H,1,3-4,7H2,(H,8,10)(H,9,11). The zero-order valence-electron chi connectivity index (χ0n) is 6.09. The summed E-state index contributed by atoms with van der Waals surface area (Å²) in [5, 5.41) is 4.61. The van der Waals surface area contributed by atoms with Crippen LogP contribution in [0.15, 0.2) is 12.7 Å². The molecule has 0 fully saturated rings. The molecule has 0 aliphatic heterocycles. The number of carbonyl (C=O) groups excluding carboxylic acids is 2. The van der Waals surface area contributed by atoms with Crippen molar-refractivity contribution in [1.82, 2.24) is 10.6 Å². The Bertz CT molecular complexity index is 167. The highest BCUT2D eigenvalue weighted by molar-refractivity contribution is 5.90. The fraction of sp³-hybridized carbons (Fsp3) is 0.333. The molecule has 0 aromatic heterocycles. The molecule has 0 aliphatic carbocycles. The molecule has 0 saturated heterocycles. The number of rotatable bonds is 4. The van der Waals surface area contributed by atoms with Gasteiger partial charge in [0.2, 0.25) is 11.8 Å². The van der Waals surface area contributed by atoms with Gasteiger partial charge in [0.1, 0.15) is 0 Å². The summed E-state index contributed by atoms with van der Waals surface area (Å²) < 4.78 is 0. The molecule has 0 radical (unpaired) electrons. The second-order valence-electron chi connectivity index (χ2n) is 1.73. The lowest BCUT2D eigenvalue weighted by atomic mass is 10.5. The van der Waals surface area contributed by atoms with Gasteiger partial charge in [-0.15, -0.1) is 0 Å². The maximum atomic E-state index is 10.6. The Balaban J connectivity index is 3.45. The lowest BCUT2D eigenvalue weighted by Crippen LogP contribution is -2.38. The molecule has 5 heteroatoms. The highest BCUT2D eigenvalue weighted by atomic mass is 16.2. The topological polar surface area (TPSA) is 84.2 Å². The summed E-state index contributed by atoms with van der Waals surface area (Å²) >= 11 is 0. The monoisotopic (exact) mass is 157 g/mol. The molecule has 0 aromatic carbocycles. The second-order valence-corrected chi connectivity index (χ2v) is 1.73. The van der Waals surface area contributed by atoms with E-state index < -0.39 is 0 Å². The van der Waals surface area contributed by atoms with Gasteiger partial charge in [-0.2, -0.15) is 0 Å². The smallest absolute Gasteiger partial charge is 0.243 e. The van der Waals surface area contributed by atoms with Crippen LogP contribution >= 0.6 is 0 Å². The quantitative estimate of drug-likeness (QED) is 0.336. The summed E-state index contributed by atoms with van der Waals surface area (Å²) in [4.78, 5) is 21.1. The molecule has 62 valence electrons. The van der Waals surface area contributed by atoms with Crippen LogP contribution in [0, 0.1) is 0 Å². The molecule has 0 rings (SSSR count). The van der Waals surface area contributed by atoms with E-state index in [1.54, 1.807) is 0 Å². The number of amides is 2. The lowest BCUT2D eigenvalue weighted by Gasteiger charge is -2.01. The zero-order chi connectivity index (χ0) is 8.69. The molecule has 0 spiro atoms. The van der Waals surface area contributed by atoms with Gasteiger partial charge in [-0.05, 0) is 6.08 Å². The number of hydrogen-bond donors (Lipinski definition) is 3. The first-order valence-corrected chi connectivity index (χ1v) is 3.07. The third-order valence-corrected chi connectivity index (χ3v) is 0.908. The van der Waals surface area contributed by atoms with Crippen molar-refractivity contribution >= 4 is 11.8 Å². The van der Waals surface area contributed by atoms with Crippen molar-refractivity contribution in [2.24, 2.45) is 5.73 Å². The molecule has 0 unspecified atom stereocenters. The molecule has 0 atom stereocenters. The average molecular weight is 157 g/mol. The Morgan fingerprint density at radius 2 is 2.09 bits per heavy atom. The minimum Gasteiger partial charge on any atom is -0.344 e. The second kappa shape index (κ2) is 5.43. The number of hydrogen-bond acceptors (Lipinski definition) is 3. The van der Waals surface area contributed by atoms with Crippen molar-refractivity contribution in [1.29, 1.82) is 0 Å². The van der Waals surface area contributed by atoms with Crippen LogP contribution in [-0.4, -0.2) is 25.0 Å². The van der Waals surface area contributed by atoms with E-state index in [1.165, 1.54) is 0 Å². The van der Waals surface area contributed by atoms with Crippen molar-refractivity contribution < 1.29 is 9.59 Å². The van der Waals surface area contributed by atoms with Gasteiger partial charge in [-0.25, -0.2) is 0 Å². The number of carbonyl (C=O) groups is 2. The van der Waals surface area contributed by atoms with Crippen LogP contribution in [0.2, 0.25) is 0 Å². The van der Waals surface area contributed by atoms with Crippen molar-refractivity contribution in [3.63, 3.8) is 0 Å². The first-order valence-electron chi connectivity index (χ1n) is 3.07. The van der Waals surface area contributed by atoms with Crippen molar-refractivity contribution in [3.8, 4) is 0 Å². The summed E-state index contributed by atoms with van der Waals surface area (Å²) in [6, 6.07) is 0. The zero-order valence-corrected chi connectivity index (χ0v) is 6.09. The molecule has 0 saturated carbocycles. The summed E-state index contributed by atoms with van der Waals surface area (Å²) in [5.41, 5.74) is 5.00. The van der Waals surface area contributed by atoms with E-state index >= 15 is 0 Å². The molecule has 5 nitrogen and oxygen atoms in total. The summed E-state index contributed by atoms with van der Waals surface area (Å²) in [6.45, 7) is 3.22. The van der Waals surface area contributed by atoms with Crippen LogP contribution in [0.4, 0.5) is 0 Å². The van der Waals surface area contributed by atoms with Crippen LogP contribution in [0.1, 0.15) is 0 Å². The Labute approximate surface area is 64.6 Å². The molecule has 0 heterocycles. The lowest BCUT2D eigenvalue weighted by molar-refractivity contribution is -0.123. The van der Waals surface area contributed by atoms with Gasteiger partial charge in [0.15, 0.2) is 0 Å². The van der Waals surface area contributed by atoms with E-state index in [1.807, 2.05) is 0 Å². The maximum Gasteiger partial charge on any atom is 0.243 e. The third kappa shape index (κ3) is 5.10. The molecule has 0 aromatic rings. The van der Waals surface area contributed by atoms with Crippen LogP contribution < -0.4 is 16.4 Å². The summed E-state index contributed by atoms with van der Waals surface area (Å²) in [6.07, 6.45) is 1.09. The first kappa shape index (κ1) is 9.64. The highest BCUT2D eigenvalue weighted by Gasteiger charge is 1.99. The Hall–Kier alpha value is -1.36. The third-order valence-electron chi connectivity index (χ3n) is 0.908. The van der Waals surface area contributed by atoms with Gasteiger partial charge >= 0.3 is 0 Å². The van der Waals surface area contributed by atoms with Crippen LogP contribution in [0.5, 0.6) is 0 Å². The SMILES string of the molecule is C=CC(=O)NCC(=O)NCN. The van der Waals surface area contributed by atoms with Crippen molar-refractivity contribution in [2.45, 2.75) is 0 Å². The van der Waals surface area contributed by atoms with Crippen molar-refractivity contribution in [3.05, 3.63) is 12.7 Å². The summed E-state index contributed by atoms with van der Waals surface area (Å²) in [7, 11) is 0. The average Bonchev–Trinajstić information content (AvgIpc) is 2.01. The molecular weight excluding hydrogens is 146 g/mol. The predicted molar refractivity (Wildman–Crippen MR) is 40.4 cm³/mol. The predicted octanol–water partition coefficient (Wildman–Crippen LogP) is -1.68. The van der Waals surface area contributed by atoms with E-state index in [0.29, 0.717) is 0 Å². The fourth-order valence-electron chi connectivity index (χ4n) is 0.416. The Kier molecular flexibility index (Phi) is 4.76. The van der Waals surface area contributed by atoms with E-state index in [0.717, 1.165) is 6.08 Å². The largest absolute Gasteiger partial charge is 0.344 e. The van der Waals surface area contributed by atoms with Gasteiger partial charge in [-0.3, -0.25) is 9.59 Å². The molecular formula is C6H11N3O2. The first-order chi connectivity index (χ1) is 5.20. The normalized spacial score (nSPS) is 8.45. The number of nitrogens with two attached hydrogens (primary N) is 1. The van der Waals surface area contributed by atoms with Gasteiger partial charge in [-0.1, -0.05) is 6.58 Å². The van der Waals surface area contributed by atoms with E-state index in [4.69, 9.17) is 5.73 Å². The van der Waals surface area contributed by atoms with E-state index in [9.17, 15) is 9.59 Å². The Morgan fingerprint density at radius 3 is 2.55 bits per heavy atom. The van der Waals surface area contributed by atoms with Gasteiger partial charge < -0.3 is 16.4 Å². The highest BCUT2D eigenvalue weighted by Crippen LogP contribution is 1.66. The van der Waals surface area contributed by atoms with Crippen LogP contribution in [0.3, 0.4) is 0 Å². The Morgan fingerprint density at radius 1 is 1.45 bits per heavy atom. The van der Waals surface area contributed by atoms with Gasteiger partial charge in [0.25, 0.3) is 0 Å². The summed E-state index contributed by atoms with van der Waals surface area (Å²) in [5.74, 6) is -0.695. The molecule has 0 bridgehead atoms. The van der Waals surface area contributed by atoms with Gasteiger partial charge in [0.05, 0.1) is 13.2 Å². The minimum absolute atomic E-state index is 0.0674. The van der Waals surface area contributed by atoms with Crippen molar-refractivity contribution in [2.75, 3.05) is 13.2 Å². The van der Waals surface area contributed by atoms with E-state index in [2.05, 4.69) is 17.2 Å². The van der Waals surface area contributed by atoms with E-state index in [-0.39, 0.29) is 25.0 Å². The van der Waals surface area contributed by atoms with Crippen LogP contribution in [0.25, 0.3) is 0 Å². The molecule has 2 amide bonds. The number of nitrogens with one attached hydrogen (secondary N) is 2. The maximum absolute atomic E-state index is 10.6. The molecule has 4 N–H and O–H groups in total.